The number of amides is 1. The summed E-state index contributed by atoms with van der Waals surface area (Å²) in [5.41, 5.74) is 0. The summed E-state index contributed by atoms with van der Waals surface area (Å²) in [6.07, 6.45) is 11.3. The standard InChI is InChI=1S/C28H48F3N3O/c1-32(16-15-22-9-8-12-24(21-22)28(29,30)31)27(35)26(23-10-4-2-5-11-23)34-19-17-33(18-20-34)25-13-6-3-7-14-25/h22-26H,2-21H2,1H3. The predicted octanol–water partition coefficient (Wildman–Crippen LogP) is 6.10. The summed E-state index contributed by atoms with van der Waals surface area (Å²) < 4.78 is 39.7. The molecule has 3 aliphatic carbocycles. The molecular formula is C28H48F3N3O. The largest absolute Gasteiger partial charge is 0.391 e. The second-order valence-corrected chi connectivity index (χ2v) is 12.0. The topological polar surface area (TPSA) is 26.8 Å². The Bertz CT molecular complexity index is 652. The van der Waals surface area contributed by atoms with E-state index in [1.165, 1.54) is 51.4 Å². The highest BCUT2D eigenvalue weighted by Gasteiger charge is 2.42. The first kappa shape index (κ1) is 27.2. The first-order chi connectivity index (χ1) is 16.8. The maximum Gasteiger partial charge on any atom is 0.391 e. The lowest BCUT2D eigenvalue weighted by Gasteiger charge is -2.46. The van der Waals surface area contributed by atoms with Crippen molar-refractivity contribution in [3.63, 3.8) is 0 Å². The molecule has 0 radical (unpaired) electrons. The lowest BCUT2D eigenvalue weighted by molar-refractivity contribution is -0.186. The fourth-order valence-electron chi connectivity index (χ4n) is 7.50. The zero-order valence-corrected chi connectivity index (χ0v) is 21.9. The van der Waals surface area contributed by atoms with Crippen LogP contribution in [-0.2, 0) is 4.79 Å². The van der Waals surface area contributed by atoms with Crippen LogP contribution in [0, 0.1) is 17.8 Å². The van der Waals surface area contributed by atoms with E-state index in [1.54, 1.807) is 0 Å². The Balaban J connectivity index is 1.33. The minimum Gasteiger partial charge on any atom is -0.344 e. The SMILES string of the molecule is CN(CCC1CCCC(C(F)(F)F)C1)C(=O)C(C1CCCCC1)N1CCN(C2CCCCC2)CC1. The second-order valence-electron chi connectivity index (χ2n) is 12.0. The van der Waals surface area contributed by atoms with Gasteiger partial charge in [-0.25, -0.2) is 0 Å². The van der Waals surface area contributed by atoms with Gasteiger partial charge in [0, 0.05) is 45.8 Å². The van der Waals surface area contributed by atoms with Crippen LogP contribution in [0.2, 0.25) is 0 Å². The average molecular weight is 500 g/mol. The van der Waals surface area contributed by atoms with Crippen LogP contribution in [-0.4, -0.2) is 78.6 Å². The molecule has 1 aliphatic heterocycles. The van der Waals surface area contributed by atoms with Crippen LogP contribution >= 0.6 is 0 Å². The van der Waals surface area contributed by atoms with Crippen molar-refractivity contribution in [3.8, 4) is 0 Å². The predicted molar refractivity (Wildman–Crippen MR) is 134 cm³/mol. The van der Waals surface area contributed by atoms with E-state index in [9.17, 15) is 18.0 Å². The van der Waals surface area contributed by atoms with Crippen molar-refractivity contribution in [2.45, 2.75) is 115 Å². The Morgan fingerprint density at radius 1 is 0.857 bits per heavy atom. The van der Waals surface area contributed by atoms with Gasteiger partial charge >= 0.3 is 6.18 Å². The Labute approximate surface area is 211 Å². The van der Waals surface area contributed by atoms with E-state index < -0.39 is 12.1 Å². The minimum atomic E-state index is -4.08. The fraction of sp³-hybridized carbons (Fsp3) is 0.964. The molecule has 4 nitrogen and oxygen atoms in total. The average Bonchev–Trinajstić information content (AvgIpc) is 2.88. The summed E-state index contributed by atoms with van der Waals surface area (Å²) >= 11 is 0. The third kappa shape index (κ3) is 7.37. The molecule has 0 bridgehead atoms. The Kier molecular flexibility index (Phi) is 9.81. The minimum absolute atomic E-state index is 0.0527. The van der Waals surface area contributed by atoms with Crippen molar-refractivity contribution in [3.05, 3.63) is 0 Å². The quantitative estimate of drug-likeness (QED) is 0.423. The molecular weight excluding hydrogens is 451 g/mol. The molecule has 7 heteroatoms. The zero-order valence-electron chi connectivity index (χ0n) is 21.9. The summed E-state index contributed by atoms with van der Waals surface area (Å²) in [5.74, 6) is -0.439. The van der Waals surface area contributed by atoms with Gasteiger partial charge in [-0.3, -0.25) is 14.6 Å². The molecule has 4 fully saturated rings. The van der Waals surface area contributed by atoms with Gasteiger partial charge in [0.1, 0.15) is 0 Å². The molecule has 0 aromatic carbocycles. The molecule has 3 unspecified atom stereocenters. The number of rotatable bonds is 7. The smallest absolute Gasteiger partial charge is 0.344 e. The molecule has 3 atom stereocenters. The number of hydrogen-bond acceptors (Lipinski definition) is 3. The molecule has 4 aliphatic rings. The summed E-state index contributed by atoms with van der Waals surface area (Å²) in [7, 11) is 1.89. The van der Waals surface area contributed by atoms with Gasteiger partial charge < -0.3 is 4.90 Å². The van der Waals surface area contributed by atoms with E-state index in [2.05, 4.69) is 9.80 Å². The molecule has 0 aromatic rings. The number of carbonyl (C=O) groups is 1. The molecule has 1 saturated heterocycles. The number of alkyl halides is 3. The Hall–Kier alpha value is -0.820. The molecule has 0 aromatic heterocycles. The molecule has 1 amide bonds. The van der Waals surface area contributed by atoms with Crippen molar-refractivity contribution in [1.29, 1.82) is 0 Å². The van der Waals surface area contributed by atoms with Gasteiger partial charge in [-0.15, -0.1) is 0 Å². The highest BCUT2D eigenvalue weighted by Crippen LogP contribution is 2.41. The number of halogens is 3. The van der Waals surface area contributed by atoms with E-state index in [4.69, 9.17) is 0 Å². The number of nitrogens with zero attached hydrogens (tertiary/aromatic N) is 3. The Morgan fingerprint density at radius 2 is 1.49 bits per heavy atom. The molecule has 0 spiro atoms. The van der Waals surface area contributed by atoms with E-state index in [0.717, 1.165) is 51.5 Å². The Morgan fingerprint density at radius 3 is 2.11 bits per heavy atom. The molecule has 202 valence electrons. The van der Waals surface area contributed by atoms with Gasteiger partial charge in [0.05, 0.1) is 12.0 Å². The summed E-state index contributed by atoms with van der Waals surface area (Å²) in [5, 5.41) is 0. The third-order valence-electron chi connectivity index (χ3n) is 9.68. The van der Waals surface area contributed by atoms with Crippen molar-refractivity contribution < 1.29 is 18.0 Å². The van der Waals surface area contributed by atoms with Crippen LogP contribution in [0.25, 0.3) is 0 Å². The summed E-state index contributed by atoms with van der Waals surface area (Å²) in [6, 6.07) is 0.677. The van der Waals surface area contributed by atoms with Crippen LogP contribution in [0.3, 0.4) is 0 Å². The number of likely N-dealkylation sites (N-methyl/N-ethyl adjacent to an activating group) is 1. The zero-order chi connectivity index (χ0) is 24.8. The normalized spacial score (nSPS) is 29.7. The van der Waals surface area contributed by atoms with Crippen LogP contribution < -0.4 is 0 Å². The highest BCUT2D eigenvalue weighted by molar-refractivity contribution is 5.82. The van der Waals surface area contributed by atoms with Gasteiger partial charge in [-0.05, 0) is 56.8 Å². The third-order valence-corrected chi connectivity index (χ3v) is 9.68. The van der Waals surface area contributed by atoms with Crippen LogP contribution in [0.4, 0.5) is 13.2 Å². The highest BCUT2D eigenvalue weighted by atomic mass is 19.4. The van der Waals surface area contributed by atoms with Crippen molar-refractivity contribution in [2.75, 3.05) is 39.8 Å². The molecule has 4 rings (SSSR count). The van der Waals surface area contributed by atoms with Gasteiger partial charge in [-0.1, -0.05) is 51.4 Å². The van der Waals surface area contributed by atoms with Gasteiger partial charge in [0.25, 0.3) is 0 Å². The lowest BCUT2D eigenvalue weighted by atomic mass is 9.79. The van der Waals surface area contributed by atoms with E-state index in [0.29, 0.717) is 25.3 Å². The lowest BCUT2D eigenvalue weighted by Crippen LogP contribution is -2.59. The monoisotopic (exact) mass is 499 g/mol. The summed E-state index contributed by atoms with van der Waals surface area (Å²) in [4.78, 5) is 20.8. The first-order valence-corrected chi connectivity index (χ1v) is 14.6. The fourth-order valence-corrected chi connectivity index (χ4v) is 7.50. The van der Waals surface area contributed by atoms with E-state index >= 15 is 0 Å². The van der Waals surface area contributed by atoms with Crippen molar-refractivity contribution in [2.24, 2.45) is 17.8 Å². The maximum atomic E-state index is 13.8. The number of piperazine rings is 1. The molecule has 3 saturated carbocycles. The van der Waals surface area contributed by atoms with E-state index in [1.807, 2.05) is 11.9 Å². The number of carbonyl (C=O) groups excluding carboxylic acids is 1. The van der Waals surface area contributed by atoms with Crippen LogP contribution in [0.1, 0.15) is 96.3 Å². The molecule has 35 heavy (non-hydrogen) atoms. The molecule has 1 heterocycles. The van der Waals surface area contributed by atoms with Gasteiger partial charge in [-0.2, -0.15) is 13.2 Å². The van der Waals surface area contributed by atoms with Crippen molar-refractivity contribution in [1.82, 2.24) is 14.7 Å². The molecule has 0 N–H and O–H groups in total. The maximum absolute atomic E-state index is 13.8. The van der Waals surface area contributed by atoms with Gasteiger partial charge in [0.15, 0.2) is 0 Å². The first-order valence-electron chi connectivity index (χ1n) is 14.6. The van der Waals surface area contributed by atoms with Gasteiger partial charge in [0.2, 0.25) is 5.91 Å². The summed E-state index contributed by atoms with van der Waals surface area (Å²) in [6.45, 7) is 4.64. The second kappa shape index (κ2) is 12.6. The van der Waals surface area contributed by atoms with Crippen LogP contribution in [0.5, 0.6) is 0 Å². The number of hydrogen-bond donors (Lipinski definition) is 0. The van der Waals surface area contributed by atoms with Crippen molar-refractivity contribution >= 4 is 5.91 Å². The van der Waals surface area contributed by atoms with Crippen LogP contribution in [0.15, 0.2) is 0 Å². The van der Waals surface area contributed by atoms with E-state index in [-0.39, 0.29) is 30.7 Å².